The van der Waals surface area contributed by atoms with Crippen LogP contribution in [0.2, 0.25) is 0 Å². The molecule has 2 nitrogen and oxygen atoms in total. The molecule has 1 fully saturated rings. The topological polar surface area (TPSA) is 32.3 Å². The third-order valence-corrected chi connectivity index (χ3v) is 2.42. The molecule has 1 aromatic carbocycles. The first-order valence-corrected chi connectivity index (χ1v) is 4.49. The van der Waals surface area contributed by atoms with Crippen LogP contribution in [0.1, 0.15) is 24.4 Å². The maximum atomic E-state index is 13.3. The first-order chi connectivity index (χ1) is 6.27. The molecule has 0 saturated carbocycles. The quantitative estimate of drug-likeness (QED) is 0.694. The van der Waals surface area contributed by atoms with Gasteiger partial charge in [0, 0.05) is 17.7 Å². The molecule has 2 N–H and O–H groups in total. The van der Waals surface area contributed by atoms with Crippen molar-refractivity contribution < 1.29 is 9.50 Å². The maximum Gasteiger partial charge on any atom is 0.131 e. The summed E-state index contributed by atoms with van der Waals surface area (Å²) in [5.41, 5.74) is 0.662. The second kappa shape index (κ2) is 3.34. The van der Waals surface area contributed by atoms with E-state index in [1.807, 2.05) is 0 Å². The van der Waals surface area contributed by atoms with E-state index in [1.54, 1.807) is 6.07 Å². The summed E-state index contributed by atoms with van der Waals surface area (Å²) in [7, 11) is 0. The minimum atomic E-state index is -0.320. The SMILES string of the molecule is Oc1ccc([C@H]2CCCN2)c(F)c1. The summed E-state index contributed by atoms with van der Waals surface area (Å²) in [4.78, 5) is 0. The molecular formula is C10H12FNO. The van der Waals surface area contributed by atoms with Crippen LogP contribution in [-0.4, -0.2) is 11.7 Å². The fraction of sp³-hybridized carbons (Fsp3) is 0.400. The lowest BCUT2D eigenvalue weighted by atomic mass is 10.0. The third-order valence-electron chi connectivity index (χ3n) is 2.42. The van der Waals surface area contributed by atoms with E-state index in [0.717, 1.165) is 25.5 Å². The number of benzene rings is 1. The molecule has 1 aliphatic heterocycles. The highest BCUT2D eigenvalue weighted by atomic mass is 19.1. The third kappa shape index (κ3) is 1.65. The summed E-state index contributed by atoms with van der Waals surface area (Å²) < 4.78 is 13.3. The van der Waals surface area contributed by atoms with Crippen LogP contribution < -0.4 is 5.32 Å². The zero-order valence-electron chi connectivity index (χ0n) is 7.26. The Kier molecular flexibility index (Phi) is 2.19. The van der Waals surface area contributed by atoms with Gasteiger partial charge in [-0.25, -0.2) is 4.39 Å². The Balaban J connectivity index is 2.29. The van der Waals surface area contributed by atoms with Gasteiger partial charge in [0.2, 0.25) is 0 Å². The van der Waals surface area contributed by atoms with Gasteiger partial charge in [0.1, 0.15) is 11.6 Å². The summed E-state index contributed by atoms with van der Waals surface area (Å²) in [6, 6.07) is 4.46. The van der Waals surface area contributed by atoms with Crippen LogP contribution in [0.3, 0.4) is 0 Å². The molecule has 1 atom stereocenters. The Labute approximate surface area is 76.4 Å². The van der Waals surface area contributed by atoms with Crippen molar-refractivity contribution in [2.45, 2.75) is 18.9 Å². The van der Waals surface area contributed by atoms with Gasteiger partial charge in [-0.3, -0.25) is 0 Å². The molecule has 1 aromatic rings. The predicted octanol–water partition coefficient (Wildman–Crippen LogP) is 1.96. The van der Waals surface area contributed by atoms with E-state index < -0.39 is 0 Å². The van der Waals surface area contributed by atoms with Gasteiger partial charge in [-0.05, 0) is 25.5 Å². The number of nitrogens with one attached hydrogen (secondary N) is 1. The van der Waals surface area contributed by atoms with Gasteiger partial charge < -0.3 is 10.4 Å². The van der Waals surface area contributed by atoms with Crippen molar-refractivity contribution in [3.8, 4) is 5.75 Å². The summed E-state index contributed by atoms with van der Waals surface area (Å²) in [5, 5.41) is 12.2. The van der Waals surface area contributed by atoms with Gasteiger partial charge in [-0.15, -0.1) is 0 Å². The fourth-order valence-electron chi connectivity index (χ4n) is 1.75. The van der Waals surface area contributed by atoms with Gasteiger partial charge in [0.15, 0.2) is 0 Å². The van der Waals surface area contributed by atoms with Crippen LogP contribution in [0.25, 0.3) is 0 Å². The highest BCUT2D eigenvalue weighted by Gasteiger charge is 2.19. The first kappa shape index (κ1) is 8.51. The zero-order chi connectivity index (χ0) is 9.26. The zero-order valence-corrected chi connectivity index (χ0v) is 7.26. The summed E-state index contributed by atoms with van der Waals surface area (Å²) in [5.74, 6) is -0.335. The number of rotatable bonds is 1. The highest BCUT2D eigenvalue weighted by Crippen LogP contribution is 2.27. The van der Waals surface area contributed by atoms with Crippen molar-refractivity contribution in [2.75, 3.05) is 6.54 Å². The van der Waals surface area contributed by atoms with Gasteiger partial charge >= 0.3 is 0 Å². The molecule has 0 bridgehead atoms. The normalized spacial score (nSPS) is 22.1. The molecule has 0 aromatic heterocycles. The number of hydrogen-bond donors (Lipinski definition) is 2. The van der Waals surface area contributed by atoms with Crippen LogP contribution in [-0.2, 0) is 0 Å². The first-order valence-electron chi connectivity index (χ1n) is 4.49. The van der Waals surface area contributed by atoms with Gasteiger partial charge in [-0.1, -0.05) is 6.07 Å². The lowest BCUT2D eigenvalue weighted by molar-refractivity contribution is 0.465. The van der Waals surface area contributed by atoms with Crippen molar-refractivity contribution >= 4 is 0 Å². The van der Waals surface area contributed by atoms with Crippen molar-refractivity contribution in [1.82, 2.24) is 5.32 Å². The van der Waals surface area contributed by atoms with Gasteiger partial charge in [0.05, 0.1) is 0 Å². The van der Waals surface area contributed by atoms with Gasteiger partial charge in [0.25, 0.3) is 0 Å². The molecule has 1 aliphatic rings. The van der Waals surface area contributed by atoms with E-state index in [4.69, 9.17) is 5.11 Å². The number of aromatic hydroxyl groups is 1. The molecule has 0 unspecified atom stereocenters. The second-order valence-electron chi connectivity index (χ2n) is 3.35. The van der Waals surface area contributed by atoms with E-state index in [2.05, 4.69) is 5.32 Å². The molecule has 1 heterocycles. The van der Waals surface area contributed by atoms with E-state index in [9.17, 15) is 4.39 Å². The Bertz CT molecular complexity index is 308. The summed E-state index contributed by atoms with van der Waals surface area (Å²) >= 11 is 0. The van der Waals surface area contributed by atoms with Crippen LogP contribution in [0, 0.1) is 5.82 Å². The summed E-state index contributed by atoms with van der Waals surface area (Å²) in [6.45, 7) is 0.949. The smallest absolute Gasteiger partial charge is 0.131 e. The predicted molar refractivity (Wildman–Crippen MR) is 48.0 cm³/mol. The molecule has 2 rings (SSSR count). The molecule has 0 spiro atoms. The lowest BCUT2D eigenvalue weighted by Crippen LogP contribution is -2.14. The van der Waals surface area contributed by atoms with Crippen LogP contribution in [0.4, 0.5) is 4.39 Å². The number of halogens is 1. The van der Waals surface area contributed by atoms with E-state index in [-0.39, 0.29) is 17.6 Å². The van der Waals surface area contributed by atoms with Crippen molar-refractivity contribution in [2.24, 2.45) is 0 Å². The minimum absolute atomic E-state index is 0.0146. The average molecular weight is 181 g/mol. The highest BCUT2D eigenvalue weighted by molar-refractivity contribution is 5.30. The number of hydrogen-bond acceptors (Lipinski definition) is 2. The Morgan fingerprint density at radius 3 is 2.92 bits per heavy atom. The molecule has 0 aliphatic carbocycles. The molecular weight excluding hydrogens is 169 g/mol. The molecule has 13 heavy (non-hydrogen) atoms. The molecule has 0 amide bonds. The average Bonchev–Trinajstić information content (AvgIpc) is 2.56. The van der Waals surface area contributed by atoms with Gasteiger partial charge in [-0.2, -0.15) is 0 Å². The monoisotopic (exact) mass is 181 g/mol. The fourth-order valence-corrected chi connectivity index (χ4v) is 1.75. The molecule has 70 valence electrons. The second-order valence-corrected chi connectivity index (χ2v) is 3.35. The largest absolute Gasteiger partial charge is 0.508 e. The molecule has 3 heteroatoms. The van der Waals surface area contributed by atoms with Crippen molar-refractivity contribution in [1.29, 1.82) is 0 Å². The van der Waals surface area contributed by atoms with Crippen LogP contribution in [0.5, 0.6) is 5.75 Å². The Hall–Kier alpha value is -1.09. The lowest BCUT2D eigenvalue weighted by Gasteiger charge is -2.11. The van der Waals surface area contributed by atoms with E-state index >= 15 is 0 Å². The van der Waals surface area contributed by atoms with Crippen LogP contribution in [0.15, 0.2) is 18.2 Å². The summed E-state index contributed by atoms with van der Waals surface area (Å²) in [6.07, 6.45) is 2.06. The minimum Gasteiger partial charge on any atom is -0.508 e. The molecule has 0 radical (unpaired) electrons. The van der Waals surface area contributed by atoms with E-state index in [0.29, 0.717) is 5.56 Å². The van der Waals surface area contributed by atoms with Crippen LogP contribution >= 0.6 is 0 Å². The van der Waals surface area contributed by atoms with Crippen molar-refractivity contribution in [3.05, 3.63) is 29.6 Å². The Morgan fingerprint density at radius 2 is 2.31 bits per heavy atom. The van der Waals surface area contributed by atoms with Crippen molar-refractivity contribution in [3.63, 3.8) is 0 Å². The maximum absolute atomic E-state index is 13.3. The number of phenols is 1. The standard InChI is InChI=1S/C10H12FNO/c11-9-6-7(13)3-4-8(9)10-2-1-5-12-10/h3-4,6,10,12-13H,1-2,5H2/t10-/m1/s1. The Morgan fingerprint density at radius 1 is 1.46 bits per heavy atom. The van der Waals surface area contributed by atoms with E-state index in [1.165, 1.54) is 6.07 Å². The molecule has 1 saturated heterocycles. The number of phenolic OH excluding ortho intramolecular Hbond substituents is 1.